The average molecular weight is 370 g/mol. The number of aromatic nitrogens is 1. The molecular formula is C21H30N4O2. The standard InChI is InChI=1S/C21H30N4O2/c1-16-4-6-18(7-5-16)19-14-23-20(27-19)15-24-21(22-2)25(3)11-8-17-9-12-26-13-10-17/h4-7,14,17H,8-13,15H2,1-3H3,(H,22,24). The predicted molar refractivity (Wildman–Crippen MR) is 108 cm³/mol. The van der Waals surface area contributed by atoms with E-state index in [1.165, 1.54) is 5.56 Å². The minimum Gasteiger partial charge on any atom is -0.439 e. The minimum absolute atomic E-state index is 0.514. The van der Waals surface area contributed by atoms with Gasteiger partial charge in [-0.2, -0.15) is 0 Å². The second-order valence-corrected chi connectivity index (χ2v) is 7.15. The third-order valence-electron chi connectivity index (χ3n) is 5.07. The number of hydrogen-bond donors (Lipinski definition) is 1. The molecule has 0 atom stereocenters. The molecule has 1 N–H and O–H groups in total. The van der Waals surface area contributed by atoms with Crippen molar-refractivity contribution in [1.82, 2.24) is 15.2 Å². The SMILES string of the molecule is CN=C(NCc1ncc(-c2ccc(C)cc2)o1)N(C)CCC1CCOCC1. The van der Waals surface area contributed by atoms with Gasteiger partial charge in [-0.25, -0.2) is 4.98 Å². The van der Waals surface area contributed by atoms with Crippen molar-refractivity contribution in [2.45, 2.75) is 32.7 Å². The Morgan fingerprint density at radius 1 is 1.26 bits per heavy atom. The van der Waals surface area contributed by atoms with Gasteiger partial charge in [0.2, 0.25) is 5.89 Å². The number of ether oxygens (including phenoxy) is 1. The van der Waals surface area contributed by atoms with Crippen LogP contribution < -0.4 is 5.32 Å². The number of hydrogen-bond acceptors (Lipinski definition) is 4. The molecule has 2 heterocycles. The van der Waals surface area contributed by atoms with Gasteiger partial charge in [0, 0.05) is 39.4 Å². The normalized spacial score (nSPS) is 15.7. The quantitative estimate of drug-likeness (QED) is 0.623. The van der Waals surface area contributed by atoms with Crippen molar-refractivity contribution in [2.75, 3.05) is 33.9 Å². The lowest BCUT2D eigenvalue weighted by Crippen LogP contribution is -2.39. The molecule has 0 bridgehead atoms. The maximum atomic E-state index is 5.88. The molecule has 6 nitrogen and oxygen atoms in total. The summed E-state index contributed by atoms with van der Waals surface area (Å²) < 4.78 is 11.3. The van der Waals surface area contributed by atoms with Gasteiger partial charge in [0.25, 0.3) is 0 Å². The summed E-state index contributed by atoms with van der Waals surface area (Å²) in [5.41, 5.74) is 2.27. The van der Waals surface area contributed by atoms with Gasteiger partial charge in [-0.15, -0.1) is 0 Å². The van der Waals surface area contributed by atoms with E-state index in [2.05, 4.69) is 58.4 Å². The molecule has 0 unspecified atom stereocenters. The number of guanidine groups is 1. The van der Waals surface area contributed by atoms with Crippen LogP contribution in [0.4, 0.5) is 0 Å². The van der Waals surface area contributed by atoms with Crippen LogP contribution in [0.25, 0.3) is 11.3 Å². The van der Waals surface area contributed by atoms with Gasteiger partial charge < -0.3 is 19.4 Å². The second-order valence-electron chi connectivity index (χ2n) is 7.15. The Morgan fingerprint density at radius 3 is 2.70 bits per heavy atom. The first-order valence-corrected chi connectivity index (χ1v) is 9.67. The van der Waals surface area contributed by atoms with Crippen molar-refractivity contribution in [3.05, 3.63) is 41.9 Å². The first kappa shape index (κ1) is 19.4. The lowest BCUT2D eigenvalue weighted by Gasteiger charge is -2.26. The van der Waals surface area contributed by atoms with Crippen LogP contribution in [-0.2, 0) is 11.3 Å². The Kier molecular flexibility index (Phi) is 6.87. The fraction of sp³-hybridized carbons (Fsp3) is 0.524. The van der Waals surface area contributed by atoms with Crippen molar-refractivity contribution in [2.24, 2.45) is 10.9 Å². The summed E-state index contributed by atoms with van der Waals surface area (Å²) in [6, 6.07) is 8.25. The monoisotopic (exact) mass is 370 g/mol. The molecule has 0 aliphatic carbocycles. The maximum Gasteiger partial charge on any atom is 0.214 e. The van der Waals surface area contributed by atoms with E-state index in [1.54, 1.807) is 13.2 Å². The van der Waals surface area contributed by atoms with Gasteiger partial charge >= 0.3 is 0 Å². The van der Waals surface area contributed by atoms with Crippen LogP contribution >= 0.6 is 0 Å². The lowest BCUT2D eigenvalue weighted by atomic mass is 9.96. The third kappa shape index (κ3) is 5.57. The smallest absolute Gasteiger partial charge is 0.214 e. The van der Waals surface area contributed by atoms with Gasteiger partial charge in [0.05, 0.1) is 12.7 Å². The van der Waals surface area contributed by atoms with Crippen molar-refractivity contribution in [3.63, 3.8) is 0 Å². The van der Waals surface area contributed by atoms with E-state index in [-0.39, 0.29) is 0 Å². The van der Waals surface area contributed by atoms with E-state index in [1.807, 2.05) is 0 Å². The number of benzene rings is 1. The van der Waals surface area contributed by atoms with E-state index >= 15 is 0 Å². The largest absolute Gasteiger partial charge is 0.439 e. The van der Waals surface area contributed by atoms with Gasteiger partial charge in [-0.3, -0.25) is 4.99 Å². The first-order valence-electron chi connectivity index (χ1n) is 9.67. The summed E-state index contributed by atoms with van der Waals surface area (Å²) in [5.74, 6) is 3.06. The molecule has 1 aromatic heterocycles. The molecule has 1 aliphatic rings. The van der Waals surface area contributed by atoms with E-state index < -0.39 is 0 Å². The van der Waals surface area contributed by atoms with Crippen molar-refractivity contribution in [1.29, 1.82) is 0 Å². The Labute approximate surface area is 161 Å². The topological polar surface area (TPSA) is 62.9 Å². The number of aryl methyl sites for hydroxylation is 1. The van der Waals surface area contributed by atoms with Crippen molar-refractivity contribution >= 4 is 5.96 Å². The van der Waals surface area contributed by atoms with E-state index in [4.69, 9.17) is 9.15 Å². The average Bonchev–Trinajstić information content (AvgIpc) is 3.17. The molecule has 2 aromatic rings. The summed E-state index contributed by atoms with van der Waals surface area (Å²) in [6.45, 7) is 5.36. The summed E-state index contributed by atoms with van der Waals surface area (Å²) in [7, 11) is 3.88. The van der Waals surface area contributed by atoms with Crippen LogP contribution in [0.5, 0.6) is 0 Å². The lowest BCUT2D eigenvalue weighted by molar-refractivity contribution is 0.0625. The highest BCUT2D eigenvalue weighted by molar-refractivity contribution is 5.79. The van der Waals surface area contributed by atoms with Crippen molar-refractivity contribution < 1.29 is 9.15 Å². The number of nitrogens with zero attached hydrogens (tertiary/aromatic N) is 3. The highest BCUT2D eigenvalue weighted by Gasteiger charge is 2.16. The Balaban J connectivity index is 1.49. The molecule has 3 rings (SSSR count). The summed E-state index contributed by atoms with van der Waals surface area (Å²) in [4.78, 5) is 10.9. The van der Waals surface area contributed by atoms with Crippen LogP contribution in [0, 0.1) is 12.8 Å². The minimum atomic E-state index is 0.514. The van der Waals surface area contributed by atoms with Gasteiger partial charge in [-0.1, -0.05) is 29.8 Å². The van der Waals surface area contributed by atoms with Crippen LogP contribution in [-0.4, -0.2) is 49.7 Å². The van der Waals surface area contributed by atoms with E-state index in [9.17, 15) is 0 Å². The molecule has 6 heteroatoms. The highest BCUT2D eigenvalue weighted by atomic mass is 16.5. The Bertz CT molecular complexity index is 733. The fourth-order valence-corrected chi connectivity index (χ4v) is 3.30. The molecule has 1 saturated heterocycles. The molecule has 0 radical (unpaired) electrons. The molecule has 0 saturated carbocycles. The van der Waals surface area contributed by atoms with Crippen LogP contribution in [0.1, 0.15) is 30.7 Å². The van der Waals surface area contributed by atoms with E-state index in [0.717, 1.165) is 62.2 Å². The van der Waals surface area contributed by atoms with Gasteiger partial charge in [0.1, 0.15) is 0 Å². The molecule has 146 valence electrons. The Morgan fingerprint density at radius 2 is 2.00 bits per heavy atom. The van der Waals surface area contributed by atoms with Crippen LogP contribution in [0.3, 0.4) is 0 Å². The highest BCUT2D eigenvalue weighted by Crippen LogP contribution is 2.21. The zero-order chi connectivity index (χ0) is 19.1. The van der Waals surface area contributed by atoms with Crippen LogP contribution in [0.15, 0.2) is 39.9 Å². The molecule has 27 heavy (non-hydrogen) atoms. The third-order valence-corrected chi connectivity index (χ3v) is 5.07. The first-order chi connectivity index (χ1) is 13.2. The molecule has 1 fully saturated rings. The van der Waals surface area contributed by atoms with Gasteiger partial charge in [0.15, 0.2) is 11.7 Å². The number of oxazole rings is 1. The Hall–Kier alpha value is -2.34. The summed E-state index contributed by atoms with van der Waals surface area (Å²) in [5, 5.41) is 3.34. The second kappa shape index (κ2) is 9.55. The van der Waals surface area contributed by atoms with Gasteiger partial charge in [-0.05, 0) is 32.1 Å². The predicted octanol–water partition coefficient (Wildman–Crippen LogP) is 3.47. The fourth-order valence-electron chi connectivity index (χ4n) is 3.30. The van der Waals surface area contributed by atoms with E-state index in [0.29, 0.717) is 12.4 Å². The summed E-state index contributed by atoms with van der Waals surface area (Å²) >= 11 is 0. The zero-order valence-corrected chi connectivity index (χ0v) is 16.6. The number of aliphatic imine (C=N–C) groups is 1. The maximum absolute atomic E-state index is 5.88. The van der Waals surface area contributed by atoms with Crippen molar-refractivity contribution in [3.8, 4) is 11.3 Å². The number of nitrogens with one attached hydrogen (secondary N) is 1. The summed E-state index contributed by atoms with van der Waals surface area (Å²) in [6.07, 6.45) is 5.27. The zero-order valence-electron chi connectivity index (χ0n) is 16.6. The molecular weight excluding hydrogens is 340 g/mol. The molecule has 0 amide bonds. The molecule has 1 aliphatic heterocycles. The van der Waals surface area contributed by atoms with Crippen LogP contribution in [0.2, 0.25) is 0 Å². The number of rotatable bonds is 6. The molecule has 1 aromatic carbocycles. The molecule has 0 spiro atoms.